The molecule has 3 rings (SSSR count). The summed E-state index contributed by atoms with van der Waals surface area (Å²) in [4.78, 5) is 27.3. The van der Waals surface area contributed by atoms with Crippen molar-refractivity contribution in [2.75, 3.05) is 11.9 Å². The Labute approximate surface area is 160 Å². The Morgan fingerprint density at radius 2 is 1.78 bits per heavy atom. The average molecular weight is 375 g/mol. The number of fused-ring (bicyclic) bond motifs is 2. The molecule has 2 saturated carbocycles. The van der Waals surface area contributed by atoms with E-state index in [0.717, 1.165) is 25.7 Å². The molecule has 1 aromatic carbocycles. The van der Waals surface area contributed by atoms with Crippen LogP contribution < -0.4 is 11.1 Å². The van der Waals surface area contributed by atoms with Crippen LogP contribution in [-0.2, 0) is 9.59 Å². The number of amides is 2. The molecule has 0 aliphatic heterocycles. The van der Waals surface area contributed by atoms with Crippen molar-refractivity contribution in [1.82, 2.24) is 4.90 Å². The number of hydrogen-bond acceptors (Lipinski definition) is 3. The summed E-state index contributed by atoms with van der Waals surface area (Å²) >= 11 is 0. The summed E-state index contributed by atoms with van der Waals surface area (Å²) in [5.74, 6) is 0.246. The van der Waals surface area contributed by atoms with Crippen molar-refractivity contribution in [3.8, 4) is 0 Å². The van der Waals surface area contributed by atoms with Crippen molar-refractivity contribution in [3.63, 3.8) is 0 Å². The lowest BCUT2D eigenvalue weighted by Crippen LogP contribution is -2.51. The van der Waals surface area contributed by atoms with Crippen LogP contribution in [0.3, 0.4) is 0 Å². The zero-order valence-corrected chi connectivity index (χ0v) is 16.2. The standard InChI is InChI=1S/C21H30FN3O2/c1-13(2)25(12-19(26)24-18-8-6-17(22)7-9-18)21(27)16-10-14-4-3-5-15(11-16)20(14)23/h6-9,13-16,20H,3-5,10-12,23H2,1-2H3,(H,24,26). The summed E-state index contributed by atoms with van der Waals surface area (Å²) in [6.07, 6.45) is 5.08. The molecule has 2 bridgehead atoms. The van der Waals surface area contributed by atoms with Crippen LogP contribution in [0.5, 0.6) is 0 Å². The lowest BCUT2D eigenvalue weighted by molar-refractivity contribution is -0.142. The van der Waals surface area contributed by atoms with Gasteiger partial charge in [-0.25, -0.2) is 4.39 Å². The summed E-state index contributed by atoms with van der Waals surface area (Å²) in [6, 6.07) is 5.77. The highest BCUT2D eigenvalue weighted by Crippen LogP contribution is 2.42. The molecule has 2 atom stereocenters. The summed E-state index contributed by atoms with van der Waals surface area (Å²) in [6.45, 7) is 3.86. The molecule has 0 saturated heterocycles. The number of rotatable bonds is 5. The quantitative estimate of drug-likeness (QED) is 0.830. The monoisotopic (exact) mass is 375 g/mol. The van der Waals surface area contributed by atoms with Crippen molar-refractivity contribution >= 4 is 17.5 Å². The van der Waals surface area contributed by atoms with Gasteiger partial charge >= 0.3 is 0 Å². The maximum absolute atomic E-state index is 13.2. The molecule has 5 nitrogen and oxygen atoms in total. The van der Waals surface area contributed by atoms with Gasteiger partial charge in [0.25, 0.3) is 0 Å². The van der Waals surface area contributed by atoms with Gasteiger partial charge in [-0.05, 0) is 75.6 Å². The van der Waals surface area contributed by atoms with Crippen LogP contribution in [0.2, 0.25) is 0 Å². The highest BCUT2D eigenvalue weighted by Gasteiger charge is 2.42. The first-order valence-corrected chi connectivity index (χ1v) is 9.96. The summed E-state index contributed by atoms with van der Waals surface area (Å²) in [5.41, 5.74) is 6.87. The molecule has 2 aliphatic carbocycles. The van der Waals surface area contributed by atoms with Crippen molar-refractivity contribution < 1.29 is 14.0 Å². The third kappa shape index (κ3) is 4.67. The van der Waals surface area contributed by atoms with Crippen molar-refractivity contribution in [1.29, 1.82) is 0 Å². The SMILES string of the molecule is CC(C)N(CC(=O)Nc1ccc(F)cc1)C(=O)C1CC2CCCC(C1)C2N. The smallest absolute Gasteiger partial charge is 0.244 e. The van der Waals surface area contributed by atoms with Gasteiger partial charge in [0, 0.05) is 23.7 Å². The van der Waals surface area contributed by atoms with Gasteiger partial charge in [-0.15, -0.1) is 0 Å². The minimum Gasteiger partial charge on any atom is -0.331 e. The molecule has 3 N–H and O–H groups in total. The summed E-state index contributed by atoms with van der Waals surface area (Å²) < 4.78 is 13.0. The second kappa shape index (κ2) is 8.38. The van der Waals surface area contributed by atoms with E-state index in [1.165, 1.54) is 30.7 Å². The van der Waals surface area contributed by atoms with E-state index in [9.17, 15) is 14.0 Å². The fourth-order valence-corrected chi connectivity index (χ4v) is 4.63. The second-order valence-corrected chi connectivity index (χ2v) is 8.31. The van der Waals surface area contributed by atoms with Crippen LogP contribution in [0.1, 0.15) is 46.0 Å². The molecule has 1 aromatic rings. The molecule has 2 unspecified atom stereocenters. The Hall–Kier alpha value is -1.95. The topological polar surface area (TPSA) is 75.4 Å². The summed E-state index contributed by atoms with van der Waals surface area (Å²) in [7, 11) is 0. The molecule has 0 aromatic heterocycles. The van der Waals surface area contributed by atoms with Crippen LogP contribution >= 0.6 is 0 Å². The van der Waals surface area contributed by atoms with Gasteiger partial charge in [-0.2, -0.15) is 0 Å². The van der Waals surface area contributed by atoms with E-state index in [-0.39, 0.29) is 42.2 Å². The number of nitrogens with zero attached hydrogens (tertiary/aromatic N) is 1. The minimum atomic E-state index is -0.354. The summed E-state index contributed by atoms with van der Waals surface area (Å²) in [5, 5.41) is 2.74. The van der Waals surface area contributed by atoms with Crippen molar-refractivity contribution in [2.45, 2.75) is 58.0 Å². The number of benzene rings is 1. The number of anilines is 1. The second-order valence-electron chi connectivity index (χ2n) is 8.31. The van der Waals surface area contributed by atoms with E-state index >= 15 is 0 Å². The first-order chi connectivity index (χ1) is 12.8. The Balaban J connectivity index is 1.63. The normalized spacial score (nSPS) is 27.3. The molecule has 0 heterocycles. The molecule has 2 aliphatic rings. The molecule has 0 radical (unpaired) electrons. The molecule has 2 fully saturated rings. The minimum absolute atomic E-state index is 0.00572. The van der Waals surface area contributed by atoms with Crippen LogP contribution in [0, 0.1) is 23.6 Å². The Morgan fingerprint density at radius 1 is 1.19 bits per heavy atom. The number of hydrogen-bond donors (Lipinski definition) is 2. The van der Waals surface area contributed by atoms with Gasteiger partial charge in [0.2, 0.25) is 11.8 Å². The van der Waals surface area contributed by atoms with Gasteiger partial charge < -0.3 is 16.0 Å². The van der Waals surface area contributed by atoms with E-state index in [4.69, 9.17) is 5.73 Å². The van der Waals surface area contributed by atoms with Crippen molar-refractivity contribution in [3.05, 3.63) is 30.1 Å². The van der Waals surface area contributed by atoms with Gasteiger partial charge in [0.15, 0.2) is 0 Å². The first-order valence-electron chi connectivity index (χ1n) is 9.96. The largest absolute Gasteiger partial charge is 0.331 e. The first kappa shape index (κ1) is 19.8. The number of carbonyl (C=O) groups is 2. The maximum atomic E-state index is 13.2. The zero-order valence-electron chi connectivity index (χ0n) is 16.2. The Kier molecular flexibility index (Phi) is 6.15. The third-order valence-corrected chi connectivity index (χ3v) is 6.11. The van der Waals surface area contributed by atoms with Crippen LogP contribution in [0.15, 0.2) is 24.3 Å². The lowest BCUT2D eigenvalue weighted by Gasteiger charge is -2.44. The molecule has 2 amide bonds. The predicted octanol–water partition coefficient (Wildman–Crippen LogP) is 3.15. The Bertz CT molecular complexity index is 663. The fourth-order valence-electron chi connectivity index (χ4n) is 4.63. The van der Waals surface area contributed by atoms with E-state index < -0.39 is 0 Å². The predicted molar refractivity (Wildman–Crippen MR) is 103 cm³/mol. The Morgan fingerprint density at radius 3 is 2.33 bits per heavy atom. The van der Waals surface area contributed by atoms with Crippen LogP contribution in [-0.4, -0.2) is 35.3 Å². The van der Waals surface area contributed by atoms with Gasteiger partial charge in [0.1, 0.15) is 12.4 Å². The van der Waals surface area contributed by atoms with E-state index in [0.29, 0.717) is 17.5 Å². The fraction of sp³-hybridized carbons (Fsp3) is 0.619. The lowest BCUT2D eigenvalue weighted by atomic mass is 9.65. The highest BCUT2D eigenvalue weighted by molar-refractivity contribution is 5.94. The van der Waals surface area contributed by atoms with Crippen molar-refractivity contribution in [2.24, 2.45) is 23.5 Å². The molecular weight excluding hydrogens is 345 g/mol. The molecule has 0 spiro atoms. The third-order valence-electron chi connectivity index (χ3n) is 6.11. The maximum Gasteiger partial charge on any atom is 0.244 e. The number of nitrogens with one attached hydrogen (secondary N) is 1. The van der Waals surface area contributed by atoms with Crippen LogP contribution in [0.4, 0.5) is 10.1 Å². The van der Waals surface area contributed by atoms with E-state index in [1.54, 1.807) is 4.90 Å². The van der Waals surface area contributed by atoms with E-state index in [1.807, 2.05) is 13.8 Å². The molecule has 6 heteroatoms. The van der Waals surface area contributed by atoms with Crippen LogP contribution in [0.25, 0.3) is 0 Å². The average Bonchev–Trinajstić information content (AvgIpc) is 2.60. The van der Waals surface area contributed by atoms with Gasteiger partial charge in [0.05, 0.1) is 0 Å². The number of nitrogens with two attached hydrogens (primary N) is 1. The highest BCUT2D eigenvalue weighted by atomic mass is 19.1. The zero-order chi connectivity index (χ0) is 19.6. The molecular formula is C21H30FN3O2. The van der Waals surface area contributed by atoms with E-state index in [2.05, 4.69) is 5.32 Å². The number of halogens is 1. The molecule has 148 valence electrons. The van der Waals surface area contributed by atoms with Gasteiger partial charge in [-0.3, -0.25) is 9.59 Å². The number of carbonyl (C=O) groups excluding carboxylic acids is 2. The molecule has 27 heavy (non-hydrogen) atoms. The van der Waals surface area contributed by atoms with Gasteiger partial charge in [-0.1, -0.05) is 6.42 Å².